The second-order valence-corrected chi connectivity index (χ2v) is 10.2. The number of carbonyl (C=O) groups excluding carboxylic acids is 1. The number of carbonyl (C=O) groups is 2. The van der Waals surface area contributed by atoms with Gasteiger partial charge in [0.1, 0.15) is 11.5 Å². The van der Waals surface area contributed by atoms with Crippen molar-refractivity contribution in [1.29, 1.82) is 0 Å². The Morgan fingerprint density at radius 1 is 0.756 bits per heavy atom. The number of alkyl halides is 3. The minimum absolute atomic E-state index is 0.0333. The van der Waals surface area contributed by atoms with Crippen molar-refractivity contribution in [1.82, 2.24) is 10.2 Å². The van der Waals surface area contributed by atoms with Crippen LogP contribution in [-0.4, -0.2) is 42.6 Å². The van der Waals surface area contributed by atoms with Crippen LogP contribution in [0.5, 0.6) is 23.0 Å². The SMILES string of the molecule is COc1ccc(CN(Cc2ccc(C(=O)NCCC(=O)O)cc2)Cc2cccc(Oc3cccc(C(F)(F)F)c3)c2)cc1OC. The fraction of sp³-hybridized carbons (Fsp3) is 0.235. The van der Waals surface area contributed by atoms with Crippen LogP contribution in [0.25, 0.3) is 0 Å². The van der Waals surface area contributed by atoms with E-state index in [-0.39, 0.29) is 24.6 Å². The number of hydrogen-bond donors (Lipinski definition) is 2. The monoisotopic (exact) mass is 622 g/mol. The minimum atomic E-state index is -4.48. The predicted molar refractivity (Wildman–Crippen MR) is 161 cm³/mol. The molecule has 0 saturated carbocycles. The number of carboxylic acids is 1. The van der Waals surface area contributed by atoms with Gasteiger partial charge in [-0.3, -0.25) is 14.5 Å². The van der Waals surface area contributed by atoms with Crippen LogP contribution in [0, 0.1) is 0 Å². The van der Waals surface area contributed by atoms with Crippen molar-refractivity contribution in [2.45, 2.75) is 32.2 Å². The van der Waals surface area contributed by atoms with Crippen molar-refractivity contribution in [3.8, 4) is 23.0 Å². The van der Waals surface area contributed by atoms with Gasteiger partial charge in [-0.1, -0.05) is 36.4 Å². The quantitative estimate of drug-likeness (QED) is 0.158. The summed E-state index contributed by atoms with van der Waals surface area (Å²) in [5.74, 6) is 0.317. The molecule has 1 amide bonds. The number of aliphatic carboxylic acids is 1. The molecule has 45 heavy (non-hydrogen) atoms. The Bertz CT molecular complexity index is 1610. The number of methoxy groups -OCH3 is 2. The van der Waals surface area contributed by atoms with Crippen LogP contribution in [0.3, 0.4) is 0 Å². The maximum atomic E-state index is 13.2. The van der Waals surface area contributed by atoms with E-state index in [1.54, 1.807) is 44.6 Å². The number of ether oxygens (including phenoxy) is 3. The lowest BCUT2D eigenvalue weighted by molar-refractivity contribution is -0.138. The molecule has 11 heteroatoms. The van der Waals surface area contributed by atoms with E-state index in [4.69, 9.17) is 19.3 Å². The summed E-state index contributed by atoms with van der Waals surface area (Å²) in [6.45, 7) is 1.50. The van der Waals surface area contributed by atoms with Crippen molar-refractivity contribution >= 4 is 11.9 Å². The standard InChI is InChI=1S/C34H33F3N2O6/c1-43-30-14-11-25(18-31(30)44-2)22-39(20-23-9-12-26(13-10-23)33(42)38-16-15-32(40)41)21-24-5-3-7-28(17-24)45-29-8-4-6-27(19-29)34(35,36)37/h3-14,17-19H,15-16,20-22H2,1-2H3,(H,38,42)(H,40,41). The molecule has 0 bridgehead atoms. The molecular weight excluding hydrogens is 589 g/mol. The second-order valence-electron chi connectivity index (χ2n) is 10.2. The van der Waals surface area contributed by atoms with Crippen molar-refractivity contribution in [2.75, 3.05) is 20.8 Å². The third kappa shape index (κ3) is 9.73. The first kappa shape index (κ1) is 32.9. The number of rotatable bonds is 14. The van der Waals surface area contributed by atoms with E-state index in [2.05, 4.69) is 10.2 Å². The highest BCUT2D eigenvalue weighted by Gasteiger charge is 2.30. The molecule has 4 aromatic rings. The number of halogens is 3. The zero-order valence-corrected chi connectivity index (χ0v) is 24.8. The van der Waals surface area contributed by atoms with Gasteiger partial charge in [-0.2, -0.15) is 13.2 Å². The number of benzene rings is 4. The summed E-state index contributed by atoms with van der Waals surface area (Å²) in [4.78, 5) is 25.3. The van der Waals surface area contributed by atoms with Crippen LogP contribution in [0.2, 0.25) is 0 Å². The summed E-state index contributed by atoms with van der Waals surface area (Å²) in [5.41, 5.74) is 2.37. The van der Waals surface area contributed by atoms with Gasteiger partial charge >= 0.3 is 12.1 Å². The molecule has 0 aliphatic rings. The van der Waals surface area contributed by atoms with Crippen LogP contribution in [0.1, 0.15) is 39.0 Å². The Morgan fingerprint density at radius 3 is 2.00 bits per heavy atom. The van der Waals surface area contributed by atoms with Crippen LogP contribution < -0.4 is 19.5 Å². The third-order valence-electron chi connectivity index (χ3n) is 6.80. The van der Waals surface area contributed by atoms with Gasteiger partial charge in [-0.05, 0) is 71.3 Å². The van der Waals surface area contributed by atoms with E-state index in [0.717, 1.165) is 28.8 Å². The molecule has 0 aromatic heterocycles. The maximum Gasteiger partial charge on any atom is 0.416 e. The topological polar surface area (TPSA) is 97.3 Å². The largest absolute Gasteiger partial charge is 0.493 e. The van der Waals surface area contributed by atoms with Crippen LogP contribution in [-0.2, 0) is 30.6 Å². The van der Waals surface area contributed by atoms with Crippen LogP contribution >= 0.6 is 0 Å². The van der Waals surface area contributed by atoms with E-state index >= 15 is 0 Å². The van der Waals surface area contributed by atoms with E-state index < -0.39 is 17.7 Å². The first-order valence-electron chi connectivity index (χ1n) is 14.0. The number of nitrogens with one attached hydrogen (secondary N) is 1. The van der Waals surface area contributed by atoms with Gasteiger partial charge in [0.15, 0.2) is 11.5 Å². The molecule has 0 fully saturated rings. The lowest BCUT2D eigenvalue weighted by Crippen LogP contribution is -2.26. The van der Waals surface area contributed by atoms with Gasteiger partial charge in [-0.15, -0.1) is 0 Å². The summed E-state index contributed by atoms with van der Waals surface area (Å²) < 4.78 is 56.2. The van der Waals surface area contributed by atoms with Gasteiger partial charge in [0.25, 0.3) is 5.91 Å². The first-order valence-corrected chi connectivity index (χ1v) is 14.0. The van der Waals surface area contributed by atoms with Crippen LogP contribution in [0.15, 0.2) is 91.0 Å². The third-order valence-corrected chi connectivity index (χ3v) is 6.80. The van der Waals surface area contributed by atoms with Gasteiger partial charge in [0.05, 0.1) is 26.2 Å². The van der Waals surface area contributed by atoms with Crippen molar-refractivity contribution in [3.05, 3.63) is 119 Å². The number of nitrogens with zero attached hydrogens (tertiary/aromatic N) is 1. The summed E-state index contributed by atoms with van der Waals surface area (Å²) >= 11 is 0. The highest BCUT2D eigenvalue weighted by molar-refractivity contribution is 5.94. The highest BCUT2D eigenvalue weighted by Crippen LogP contribution is 2.33. The van der Waals surface area contributed by atoms with E-state index in [9.17, 15) is 22.8 Å². The van der Waals surface area contributed by atoms with Crippen LogP contribution in [0.4, 0.5) is 13.2 Å². The first-order chi connectivity index (χ1) is 21.5. The van der Waals surface area contributed by atoms with E-state index in [1.165, 1.54) is 12.1 Å². The fourth-order valence-corrected chi connectivity index (χ4v) is 4.65. The molecule has 0 aliphatic heterocycles. The average Bonchev–Trinajstić information content (AvgIpc) is 3.01. The zero-order valence-electron chi connectivity index (χ0n) is 24.8. The molecule has 4 aromatic carbocycles. The molecular formula is C34H33F3N2O6. The molecule has 0 atom stereocenters. The summed E-state index contributed by atoms with van der Waals surface area (Å²) in [6.07, 6.45) is -4.64. The summed E-state index contributed by atoms with van der Waals surface area (Å²) in [6, 6.07) is 24.6. The molecule has 0 unspecified atom stereocenters. The smallest absolute Gasteiger partial charge is 0.416 e. The summed E-state index contributed by atoms with van der Waals surface area (Å²) in [5, 5.41) is 11.4. The molecule has 236 valence electrons. The molecule has 0 saturated heterocycles. The molecule has 2 N–H and O–H groups in total. The van der Waals surface area contributed by atoms with Gasteiger partial charge in [0, 0.05) is 31.7 Å². The van der Waals surface area contributed by atoms with Gasteiger partial charge < -0.3 is 24.6 Å². The van der Waals surface area contributed by atoms with Crippen molar-refractivity contribution in [3.63, 3.8) is 0 Å². The molecule has 4 rings (SSSR count). The predicted octanol–water partition coefficient (Wildman–Crippen LogP) is 6.92. The zero-order chi connectivity index (χ0) is 32.4. The molecule has 0 spiro atoms. The highest BCUT2D eigenvalue weighted by atomic mass is 19.4. The Balaban J connectivity index is 1.53. The Labute approximate surface area is 259 Å². The summed E-state index contributed by atoms with van der Waals surface area (Å²) in [7, 11) is 3.13. The van der Waals surface area contributed by atoms with Gasteiger partial charge in [-0.25, -0.2) is 0 Å². The van der Waals surface area contributed by atoms with E-state index in [1.807, 2.05) is 36.4 Å². The van der Waals surface area contributed by atoms with Crippen molar-refractivity contribution in [2.24, 2.45) is 0 Å². The minimum Gasteiger partial charge on any atom is -0.493 e. The molecule has 0 aliphatic carbocycles. The lowest BCUT2D eigenvalue weighted by Gasteiger charge is -2.24. The number of amides is 1. The number of hydrogen-bond acceptors (Lipinski definition) is 6. The average molecular weight is 623 g/mol. The fourth-order valence-electron chi connectivity index (χ4n) is 4.65. The lowest BCUT2D eigenvalue weighted by atomic mass is 10.1. The molecule has 0 radical (unpaired) electrons. The van der Waals surface area contributed by atoms with Gasteiger partial charge in [0.2, 0.25) is 0 Å². The molecule has 0 heterocycles. The molecule has 8 nitrogen and oxygen atoms in total. The Hall–Kier alpha value is -5.03. The second kappa shape index (κ2) is 15.1. The van der Waals surface area contributed by atoms with E-state index in [0.29, 0.717) is 42.4 Å². The normalized spacial score (nSPS) is 11.2. The Morgan fingerprint density at radius 2 is 1.36 bits per heavy atom. The maximum absolute atomic E-state index is 13.2. The number of carboxylic acid groups (broad SMARTS) is 1. The Kier molecular flexibility index (Phi) is 11.0. The van der Waals surface area contributed by atoms with Crippen molar-refractivity contribution < 1.29 is 42.1 Å².